The van der Waals surface area contributed by atoms with Gasteiger partial charge in [0, 0.05) is 11.5 Å². The van der Waals surface area contributed by atoms with Crippen molar-refractivity contribution in [2.24, 2.45) is 0 Å². The van der Waals surface area contributed by atoms with Gasteiger partial charge in [0.2, 0.25) is 0 Å². The molecule has 1 rings (SSSR count). The zero-order valence-corrected chi connectivity index (χ0v) is 6.84. The molecule has 3 N–H and O–H groups in total. The first kappa shape index (κ1) is 8.67. The summed E-state index contributed by atoms with van der Waals surface area (Å²) in [4.78, 5) is 1.04. The van der Waals surface area contributed by atoms with E-state index in [1.54, 1.807) is 11.3 Å². The minimum Gasteiger partial charge on any atom is -0.396 e. The Labute approximate surface area is 69.3 Å². The van der Waals surface area contributed by atoms with E-state index in [1.165, 1.54) is 0 Å². The van der Waals surface area contributed by atoms with Gasteiger partial charge in [0.05, 0.1) is 6.04 Å². The second-order valence-corrected chi connectivity index (χ2v) is 3.19. The van der Waals surface area contributed by atoms with Crippen molar-refractivity contribution in [3.05, 3.63) is 22.4 Å². The monoisotopic (exact) mass is 173 g/mol. The summed E-state index contributed by atoms with van der Waals surface area (Å²) < 4.78 is 0. The molecule has 0 amide bonds. The standard InChI is InChI=1S/C7H11NO2S/c9-4-3-6(8-10)7-2-1-5-11-7/h1-2,5-6,8-10H,3-4H2/t6-/m0/s1. The predicted molar refractivity (Wildman–Crippen MR) is 43.7 cm³/mol. The molecule has 0 spiro atoms. The van der Waals surface area contributed by atoms with Gasteiger partial charge in [-0.05, 0) is 17.9 Å². The molecule has 62 valence electrons. The van der Waals surface area contributed by atoms with Crippen molar-refractivity contribution in [1.82, 2.24) is 5.48 Å². The van der Waals surface area contributed by atoms with Crippen LogP contribution in [0, 0.1) is 0 Å². The maximum atomic E-state index is 8.67. The van der Waals surface area contributed by atoms with Crippen molar-refractivity contribution < 1.29 is 10.3 Å². The van der Waals surface area contributed by atoms with E-state index < -0.39 is 0 Å². The van der Waals surface area contributed by atoms with Gasteiger partial charge in [0.15, 0.2) is 0 Å². The fourth-order valence-electron chi connectivity index (χ4n) is 0.889. The third kappa shape index (κ3) is 2.27. The summed E-state index contributed by atoms with van der Waals surface area (Å²) in [7, 11) is 0. The first-order valence-electron chi connectivity index (χ1n) is 3.42. The summed E-state index contributed by atoms with van der Waals surface area (Å²) in [6.45, 7) is 0.0795. The number of hydrogen-bond donors (Lipinski definition) is 3. The summed E-state index contributed by atoms with van der Waals surface area (Å²) in [6.07, 6.45) is 0.539. The van der Waals surface area contributed by atoms with Gasteiger partial charge in [0.1, 0.15) is 0 Å². The number of hydrogen-bond acceptors (Lipinski definition) is 4. The number of aliphatic hydroxyl groups is 1. The van der Waals surface area contributed by atoms with Crippen LogP contribution in [0.2, 0.25) is 0 Å². The van der Waals surface area contributed by atoms with E-state index in [0.29, 0.717) is 6.42 Å². The molecule has 0 aliphatic heterocycles. The fraction of sp³-hybridized carbons (Fsp3) is 0.429. The Hall–Kier alpha value is -0.420. The Bertz CT molecular complexity index is 188. The topological polar surface area (TPSA) is 52.5 Å². The lowest BCUT2D eigenvalue weighted by Crippen LogP contribution is -2.16. The van der Waals surface area contributed by atoms with E-state index in [4.69, 9.17) is 10.3 Å². The Morgan fingerprint density at radius 3 is 2.91 bits per heavy atom. The Morgan fingerprint density at radius 1 is 1.64 bits per heavy atom. The van der Waals surface area contributed by atoms with E-state index in [0.717, 1.165) is 4.88 Å². The minimum absolute atomic E-state index is 0.0795. The van der Waals surface area contributed by atoms with Crippen molar-refractivity contribution >= 4 is 11.3 Å². The lowest BCUT2D eigenvalue weighted by Gasteiger charge is -2.10. The first-order valence-corrected chi connectivity index (χ1v) is 4.30. The maximum Gasteiger partial charge on any atom is 0.0683 e. The second-order valence-electron chi connectivity index (χ2n) is 2.21. The van der Waals surface area contributed by atoms with E-state index >= 15 is 0 Å². The van der Waals surface area contributed by atoms with Crippen LogP contribution in [0.3, 0.4) is 0 Å². The molecule has 0 unspecified atom stereocenters. The smallest absolute Gasteiger partial charge is 0.0683 e. The number of rotatable bonds is 4. The summed E-state index contributed by atoms with van der Waals surface area (Å²) in [5, 5.41) is 19.2. The normalized spacial score (nSPS) is 13.3. The van der Waals surface area contributed by atoms with E-state index in [9.17, 15) is 0 Å². The molecule has 0 radical (unpaired) electrons. The highest BCUT2D eigenvalue weighted by Gasteiger charge is 2.09. The molecule has 0 fully saturated rings. The van der Waals surface area contributed by atoms with Crippen LogP contribution in [-0.2, 0) is 0 Å². The summed E-state index contributed by atoms with van der Waals surface area (Å²) >= 11 is 1.56. The predicted octanol–water partition coefficient (Wildman–Crippen LogP) is 1.15. The average Bonchev–Trinajstić information content (AvgIpc) is 2.52. The molecular weight excluding hydrogens is 162 g/mol. The van der Waals surface area contributed by atoms with Crippen LogP contribution in [0.15, 0.2) is 17.5 Å². The van der Waals surface area contributed by atoms with Gasteiger partial charge in [-0.2, -0.15) is 5.48 Å². The largest absolute Gasteiger partial charge is 0.396 e. The van der Waals surface area contributed by atoms with Crippen LogP contribution in [0.5, 0.6) is 0 Å². The number of hydroxylamine groups is 1. The second kappa shape index (κ2) is 4.46. The highest BCUT2D eigenvalue weighted by atomic mass is 32.1. The highest BCUT2D eigenvalue weighted by Crippen LogP contribution is 2.20. The van der Waals surface area contributed by atoms with E-state index in [-0.39, 0.29) is 12.6 Å². The number of nitrogens with one attached hydrogen (secondary N) is 1. The zero-order valence-electron chi connectivity index (χ0n) is 6.03. The Kier molecular flexibility index (Phi) is 3.51. The minimum atomic E-state index is -0.125. The van der Waals surface area contributed by atoms with Crippen molar-refractivity contribution in [3.8, 4) is 0 Å². The molecule has 0 saturated carbocycles. The molecule has 1 aromatic heterocycles. The third-order valence-corrected chi connectivity index (χ3v) is 2.45. The highest BCUT2D eigenvalue weighted by molar-refractivity contribution is 7.10. The van der Waals surface area contributed by atoms with Crippen molar-refractivity contribution in [2.75, 3.05) is 6.61 Å². The van der Waals surface area contributed by atoms with E-state index in [1.807, 2.05) is 17.5 Å². The molecule has 1 aromatic rings. The van der Waals surface area contributed by atoms with Crippen LogP contribution in [0.1, 0.15) is 17.3 Å². The van der Waals surface area contributed by atoms with Gasteiger partial charge in [-0.15, -0.1) is 11.3 Å². The summed E-state index contributed by atoms with van der Waals surface area (Å²) in [6, 6.07) is 3.72. The number of aliphatic hydroxyl groups excluding tert-OH is 1. The van der Waals surface area contributed by atoms with Crippen LogP contribution in [0.25, 0.3) is 0 Å². The zero-order chi connectivity index (χ0) is 8.10. The molecule has 1 atom stereocenters. The van der Waals surface area contributed by atoms with Crippen molar-refractivity contribution in [2.45, 2.75) is 12.5 Å². The molecule has 1 heterocycles. The molecule has 0 bridgehead atoms. The molecule has 0 saturated heterocycles. The van der Waals surface area contributed by atoms with Gasteiger partial charge in [-0.25, -0.2) is 0 Å². The van der Waals surface area contributed by atoms with Gasteiger partial charge >= 0.3 is 0 Å². The van der Waals surface area contributed by atoms with Crippen LogP contribution in [-0.4, -0.2) is 16.9 Å². The Balaban J connectivity index is 2.56. The molecule has 0 aliphatic rings. The molecular formula is C7H11NO2S. The molecule has 11 heavy (non-hydrogen) atoms. The lowest BCUT2D eigenvalue weighted by atomic mass is 10.2. The molecule has 3 nitrogen and oxygen atoms in total. The van der Waals surface area contributed by atoms with Crippen molar-refractivity contribution in [3.63, 3.8) is 0 Å². The first-order chi connectivity index (χ1) is 5.38. The van der Waals surface area contributed by atoms with Gasteiger partial charge < -0.3 is 10.3 Å². The van der Waals surface area contributed by atoms with Crippen LogP contribution >= 0.6 is 11.3 Å². The number of thiophene rings is 1. The van der Waals surface area contributed by atoms with Crippen LogP contribution < -0.4 is 5.48 Å². The van der Waals surface area contributed by atoms with Crippen LogP contribution in [0.4, 0.5) is 0 Å². The van der Waals surface area contributed by atoms with E-state index in [2.05, 4.69) is 5.48 Å². The maximum absolute atomic E-state index is 8.67. The quantitative estimate of drug-likeness (QED) is 0.599. The fourth-order valence-corrected chi connectivity index (χ4v) is 1.70. The Morgan fingerprint density at radius 2 is 2.45 bits per heavy atom. The average molecular weight is 173 g/mol. The van der Waals surface area contributed by atoms with Gasteiger partial charge in [-0.3, -0.25) is 0 Å². The third-order valence-electron chi connectivity index (χ3n) is 1.46. The molecule has 4 heteroatoms. The van der Waals surface area contributed by atoms with Crippen molar-refractivity contribution in [1.29, 1.82) is 0 Å². The lowest BCUT2D eigenvalue weighted by molar-refractivity contribution is 0.111. The van der Waals surface area contributed by atoms with Gasteiger partial charge in [-0.1, -0.05) is 6.07 Å². The SMILES string of the molecule is OCC[C@H](NO)c1cccs1. The molecule has 0 aromatic carbocycles. The summed E-state index contributed by atoms with van der Waals surface area (Å²) in [5.74, 6) is 0. The molecule has 0 aliphatic carbocycles. The van der Waals surface area contributed by atoms with Gasteiger partial charge in [0.25, 0.3) is 0 Å². The summed E-state index contributed by atoms with van der Waals surface area (Å²) in [5.41, 5.74) is 2.16.